The first-order valence-electron chi connectivity index (χ1n) is 6.90. The van der Waals surface area contributed by atoms with Gasteiger partial charge in [-0.3, -0.25) is 0 Å². The molecule has 120 valence electrons. The Bertz CT molecular complexity index is 823. The molecule has 0 aliphatic rings. The predicted molar refractivity (Wildman–Crippen MR) is 101 cm³/mol. The number of hydrogen-bond acceptors (Lipinski definition) is 4. The largest absolute Gasteiger partial charge is 0.497 e. The molecule has 0 saturated heterocycles. The zero-order chi connectivity index (χ0) is 16.2. The highest BCUT2D eigenvalue weighted by Crippen LogP contribution is 2.31. The molecule has 23 heavy (non-hydrogen) atoms. The van der Waals surface area contributed by atoms with Gasteiger partial charge in [0.15, 0.2) is 5.16 Å². The zero-order valence-corrected chi connectivity index (χ0v) is 15.5. The van der Waals surface area contributed by atoms with Crippen LogP contribution in [-0.2, 0) is 0 Å². The molecule has 1 N–H and O–H groups in total. The van der Waals surface area contributed by atoms with Crippen molar-refractivity contribution in [2.24, 2.45) is 0 Å². The average Bonchev–Trinajstić information content (AvgIpc) is 2.96. The quantitative estimate of drug-likeness (QED) is 0.432. The molecule has 0 amide bonds. The molecule has 0 aliphatic heterocycles. The Hall–Kier alpha value is -1.01. The Morgan fingerprint density at radius 3 is 2.74 bits per heavy atom. The van der Waals surface area contributed by atoms with Crippen LogP contribution in [0.3, 0.4) is 0 Å². The van der Waals surface area contributed by atoms with E-state index in [1.54, 1.807) is 36.7 Å². The number of thioether (sulfide) groups is 2. The third-order valence-corrected chi connectivity index (χ3v) is 6.01. The molecule has 0 saturated carbocycles. The second-order valence-corrected chi connectivity index (χ2v) is 7.76. The van der Waals surface area contributed by atoms with Crippen LogP contribution in [-0.4, -0.2) is 28.6 Å². The molecule has 3 nitrogen and oxygen atoms in total. The van der Waals surface area contributed by atoms with E-state index in [0.717, 1.165) is 43.4 Å². The molecule has 3 aromatic rings. The van der Waals surface area contributed by atoms with Crippen molar-refractivity contribution < 1.29 is 4.74 Å². The van der Waals surface area contributed by atoms with Crippen molar-refractivity contribution in [2.45, 2.75) is 10.1 Å². The lowest BCUT2D eigenvalue weighted by Crippen LogP contribution is -1.86. The van der Waals surface area contributed by atoms with E-state index in [1.807, 2.05) is 30.3 Å². The molecule has 0 bridgehead atoms. The number of nitrogens with one attached hydrogen (secondary N) is 1. The monoisotopic (exact) mass is 384 g/mol. The summed E-state index contributed by atoms with van der Waals surface area (Å²) in [6.07, 6.45) is 0. The summed E-state index contributed by atoms with van der Waals surface area (Å²) >= 11 is 15.5. The molecule has 0 spiro atoms. The van der Waals surface area contributed by atoms with Crippen molar-refractivity contribution in [3.8, 4) is 5.75 Å². The summed E-state index contributed by atoms with van der Waals surface area (Å²) in [6.45, 7) is 0. The molecule has 7 heteroatoms. The molecule has 0 aliphatic carbocycles. The fraction of sp³-hybridized carbons (Fsp3) is 0.188. The molecule has 3 rings (SSSR count). The van der Waals surface area contributed by atoms with Crippen molar-refractivity contribution in [3.05, 3.63) is 46.4 Å². The first-order chi connectivity index (χ1) is 11.2. The molecule has 0 unspecified atom stereocenters. The number of H-pyrrole nitrogens is 1. The van der Waals surface area contributed by atoms with Crippen LogP contribution in [0.2, 0.25) is 10.0 Å². The number of methoxy groups -OCH3 is 1. The van der Waals surface area contributed by atoms with Gasteiger partial charge in [-0.25, -0.2) is 4.98 Å². The Kier molecular flexibility index (Phi) is 5.64. The molecule has 0 fully saturated rings. The standard InChI is InChI=1S/C16H14Cl2N2OS2/c1-21-11-3-5-13-14(9-11)20-16(19-13)23-7-6-22-15-8-10(17)2-4-12(15)18/h2-5,8-9H,6-7H2,1H3,(H,19,20). The van der Waals surface area contributed by atoms with Crippen LogP contribution in [0, 0.1) is 0 Å². The average molecular weight is 385 g/mol. The Morgan fingerprint density at radius 2 is 1.91 bits per heavy atom. The fourth-order valence-corrected chi connectivity index (χ4v) is 4.40. The summed E-state index contributed by atoms with van der Waals surface area (Å²) in [5.41, 5.74) is 1.93. The van der Waals surface area contributed by atoms with E-state index in [-0.39, 0.29) is 0 Å². The molecule has 0 atom stereocenters. The third-order valence-electron chi connectivity index (χ3n) is 3.14. The number of ether oxygens (including phenoxy) is 1. The van der Waals surface area contributed by atoms with E-state index >= 15 is 0 Å². The van der Waals surface area contributed by atoms with Crippen LogP contribution in [0.15, 0.2) is 46.5 Å². The van der Waals surface area contributed by atoms with Gasteiger partial charge in [0.2, 0.25) is 0 Å². The first kappa shape index (κ1) is 16.8. The smallest absolute Gasteiger partial charge is 0.166 e. The van der Waals surface area contributed by atoms with Crippen molar-refractivity contribution in [1.29, 1.82) is 0 Å². The van der Waals surface area contributed by atoms with E-state index in [0.29, 0.717) is 5.02 Å². The second kappa shape index (κ2) is 7.71. The summed E-state index contributed by atoms with van der Waals surface area (Å²) in [5, 5.41) is 2.35. The minimum Gasteiger partial charge on any atom is -0.497 e. The van der Waals surface area contributed by atoms with E-state index in [1.165, 1.54) is 0 Å². The number of aromatic nitrogens is 2. The van der Waals surface area contributed by atoms with Gasteiger partial charge >= 0.3 is 0 Å². The van der Waals surface area contributed by atoms with E-state index in [4.69, 9.17) is 27.9 Å². The lowest BCUT2D eigenvalue weighted by Gasteiger charge is -2.04. The minimum absolute atomic E-state index is 0.704. The number of rotatable bonds is 6. The van der Waals surface area contributed by atoms with Gasteiger partial charge < -0.3 is 9.72 Å². The van der Waals surface area contributed by atoms with Gasteiger partial charge in [0, 0.05) is 27.5 Å². The maximum atomic E-state index is 6.16. The van der Waals surface area contributed by atoms with Gasteiger partial charge in [0.05, 0.1) is 23.2 Å². The highest BCUT2D eigenvalue weighted by Gasteiger charge is 2.06. The van der Waals surface area contributed by atoms with Gasteiger partial charge in [0.1, 0.15) is 5.75 Å². The Balaban J connectivity index is 1.57. The molecule has 1 aromatic heterocycles. The van der Waals surface area contributed by atoms with E-state index in [9.17, 15) is 0 Å². The van der Waals surface area contributed by atoms with Gasteiger partial charge in [-0.15, -0.1) is 11.8 Å². The number of halogens is 2. The SMILES string of the molecule is COc1ccc2nc(SCCSc3cc(Cl)ccc3Cl)[nH]c2c1. The Morgan fingerprint density at radius 1 is 1.09 bits per heavy atom. The van der Waals surface area contributed by atoms with Gasteiger partial charge in [-0.1, -0.05) is 35.0 Å². The van der Waals surface area contributed by atoms with Crippen LogP contribution in [0.5, 0.6) is 5.75 Å². The van der Waals surface area contributed by atoms with Gasteiger partial charge in [0.25, 0.3) is 0 Å². The molecule has 2 aromatic carbocycles. The summed E-state index contributed by atoms with van der Waals surface area (Å²) in [6, 6.07) is 11.3. The zero-order valence-electron chi connectivity index (χ0n) is 12.3. The summed E-state index contributed by atoms with van der Waals surface area (Å²) in [7, 11) is 1.66. The molecular formula is C16H14Cl2N2OS2. The molecule has 0 radical (unpaired) electrons. The summed E-state index contributed by atoms with van der Waals surface area (Å²) in [5.74, 6) is 2.67. The number of imidazole rings is 1. The second-order valence-electron chi connectivity index (χ2n) is 4.70. The summed E-state index contributed by atoms with van der Waals surface area (Å²) < 4.78 is 5.22. The van der Waals surface area contributed by atoms with Crippen molar-refractivity contribution in [1.82, 2.24) is 9.97 Å². The minimum atomic E-state index is 0.704. The van der Waals surface area contributed by atoms with Crippen LogP contribution in [0.4, 0.5) is 0 Å². The van der Waals surface area contributed by atoms with Crippen LogP contribution in [0.1, 0.15) is 0 Å². The lowest BCUT2D eigenvalue weighted by atomic mass is 10.3. The molecular weight excluding hydrogens is 371 g/mol. The van der Waals surface area contributed by atoms with Crippen molar-refractivity contribution >= 4 is 57.8 Å². The van der Waals surface area contributed by atoms with Crippen molar-refractivity contribution in [2.75, 3.05) is 18.6 Å². The maximum absolute atomic E-state index is 6.16. The highest BCUT2D eigenvalue weighted by atomic mass is 35.5. The van der Waals surface area contributed by atoms with Crippen LogP contribution in [0.25, 0.3) is 11.0 Å². The van der Waals surface area contributed by atoms with Gasteiger partial charge in [-0.2, -0.15) is 0 Å². The van der Waals surface area contributed by atoms with E-state index in [2.05, 4.69) is 9.97 Å². The number of fused-ring (bicyclic) bond motifs is 1. The molecule has 1 heterocycles. The number of aromatic amines is 1. The number of nitrogens with zero attached hydrogens (tertiary/aromatic N) is 1. The van der Waals surface area contributed by atoms with Crippen LogP contribution < -0.4 is 4.74 Å². The number of benzene rings is 2. The van der Waals surface area contributed by atoms with Gasteiger partial charge in [-0.05, 0) is 30.3 Å². The predicted octanol–water partition coefficient (Wildman–Crippen LogP) is 5.76. The lowest BCUT2D eigenvalue weighted by molar-refractivity contribution is 0.415. The fourth-order valence-electron chi connectivity index (χ4n) is 2.04. The highest BCUT2D eigenvalue weighted by molar-refractivity contribution is 8.02. The van der Waals surface area contributed by atoms with Crippen LogP contribution >= 0.6 is 46.7 Å². The van der Waals surface area contributed by atoms with E-state index < -0.39 is 0 Å². The maximum Gasteiger partial charge on any atom is 0.166 e. The normalized spacial score (nSPS) is 11.1. The number of hydrogen-bond donors (Lipinski definition) is 1. The first-order valence-corrected chi connectivity index (χ1v) is 9.63. The third kappa shape index (κ3) is 4.29. The summed E-state index contributed by atoms with van der Waals surface area (Å²) in [4.78, 5) is 8.87. The topological polar surface area (TPSA) is 37.9 Å². The van der Waals surface area contributed by atoms with Crippen molar-refractivity contribution in [3.63, 3.8) is 0 Å². The Labute approximate surface area is 153 Å².